The molecule has 0 spiro atoms. The maximum Gasteiger partial charge on any atom is 0.0745 e. The van der Waals surface area contributed by atoms with Gasteiger partial charge in [-0.15, -0.1) is 0 Å². The zero-order valence-electron chi connectivity index (χ0n) is 11.5. The minimum Gasteiger partial charge on any atom is -0.396 e. The summed E-state index contributed by atoms with van der Waals surface area (Å²) in [6.07, 6.45) is 1.78. The zero-order chi connectivity index (χ0) is 13.4. The van der Waals surface area contributed by atoms with Gasteiger partial charge in [-0.05, 0) is 20.0 Å². The average molecular weight is 256 g/mol. The van der Waals surface area contributed by atoms with Crippen molar-refractivity contribution in [3.63, 3.8) is 0 Å². The molecule has 3 rings (SSSR count). The fourth-order valence-corrected chi connectivity index (χ4v) is 2.75. The van der Waals surface area contributed by atoms with Crippen LogP contribution in [0.2, 0.25) is 0 Å². The number of anilines is 2. The van der Waals surface area contributed by atoms with Crippen LogP contribution in [0.25, 0.3) is 10.9 Å². The van der Waals surface area contributed by atoms with Crippen LogP contribution in [0, 0.1) is 0 Å². The molecule has 19 heavy (non-hydrogen) atoms. The largest absolute Gasteiger partial charge is 0.396 e. The predicted octanol–water partition coefficient (Wildman–Crippen LogP) is 1.96. The van der Waals surface area contributed by atoms with Gasteiger partial charge in [0.2, 0.25) is 0 Å². The monoisotopic (exact) mass is 256 g/mol. The molecule has 0 radical (unpaired) electrons. The van der Waals surface area contributed by atoms with Gasteiger partial charge in [-0.1, -0.05) is 18.2 Å². The number of benzene rings is 1. The van der Waals surface area contributed by atoms with Crippen molar-refractivity contribution >= 4 is 22.3 Å². The molecular formula is C15H20N4. The van der Waals surface area contributed by atoms with E-state index in [2.05, 4.69) is 34.8 Å². The van der Waals surface area contributed by atoms with Crippen LogP contribution in [0.4, 0.5) is 11.4 Å². The summed E-state index contributed by atoms with van der Waals surface area (Å²) in [5.41, 5.74) is 9.11. The van der Waals surface area contributed by atoms with Crippen molar-refractivity contribution < 1.29 is 0 Å². The molecule has 2 aromatic rings. The molecule has 0 amide bonds. The highest BCUT2D eigenvalue weighted by Crippen LogP contribution is 2.32. The summed E-state index contributed by atoms with van der Waals surface area (Å²) in [5, 5.41) is 1.15. The Balaban J connectivity index is 2.07. The molecule has 0 bridgehead atoms. The Hall–Kier alpha value is -1.81. The van der Waals surface area contributed by atoms with Gasteiger partial charge in [0.05, 0.1) is 23.1 Å². The number of pyridine rings is 1. The van der Waals surface area contributed by atoms with Crippen molar-refractivity contribution in [1.29, 1.82) is 0 Å². The fourth-order valence-electron chi connectivity index (χ4n) is 2.75. The van der Waals surface area contributed by atoms with E-state index in [0.717, 1.165) is 41.9 Å². The first-order valence-electron chi connectivity index (χ1n) is 6.75. The number of fused-ring (bicyclic) bond motifs is 1. The Morgan fingerprint density at radius 3 is 2.84 bits per heavy atom. The van der Waals surface area contributed by atoms with Crippen LogP contribution in [-0.4, -0.2) is 42.6 Å². The highest BCUT2D eigenvalue weighted by Gasteiger charge is 2.23. The van der Waals surface area contributed by atoms with Crippen LogP contribution in [-0.2, 0) is 0 Å². The zero-order valence-corrected chi connectivity index (χ0v) is 11.5. The van der Waals surface area contributed by atoms with E-state index in [1.54, 1.807) is 6.20 Å². The molecule has 1 aliphatic rings. The van der Waals surface area contributed by atoms with Crippen molar-refractivity contribution in [2.45, 2.75) is 13.0 Å². The lowest BCUT2D eigenvalue weighted by molar-refractivity contribution is 0.234. The van der Waals surface area contributed by atoms with Gasteiger partial charge in [0.25, 0.3) is 0 Å². The summed E-state index contributed by atoms with van der Waals surface area (Å²) in [6.45, 7) is 5.34. The Labute approximate surface area is 113 Å². The van der Waals surface area contributed by atoms with E-state index in [1.165, 1.54) is 0 Å². The van der Waals surface area contributed by atoms with Crippen molar-refractivity contribution in [3.05, 3.63) is 30.5 Å². The van der Waals surface area contributed by atoms with E-state index in [4.69, 9.17) is 5.73 Å². The first-order chi connectivity index (χ1) is 9.16. The third-order valence-corrected chi connectivity index (χ3v) is 4.05. The number of hydrogen-bond acceptors (Lipinski definition) is 4. The number of nitrogens with two attached hydrogens (primary N) is 1. The third-order valence-electron chi connectivity index (χ3n) is 4.05. The van der Waals surface area contributed by atoms with Crippen molar-refractivity contribution in [3.8, 4) is 0 Å². The quantitative estimate of drug-likeness (QED) is 0.847. The maximum atomic E-state index is 6.18. The summed E-state index contributed by atoms with van der Waals surface area (Å²) in [5.74, 6) is 0. The van der Waals surface area contributed by atoms with E-state index >= 15 is 0 Å². The molecule has 0 saturated carbocycles. The summed E-state index contributed by atoms with van der Waals surface area (Å²) in [7, 11) is 2.18. The molecular weight excluding hydrogens is 236 g/mol. The summed E-state index contributed by atoms with van der Waals surface area (Å²) >= 11 is 0. The highest BCUT2D eigenvalue weighted by atomic mass is 15.3. The lowest BCUT2D eigenvalue weighted by atomic mass is 10.1. The molecule has 1 atom stereocenters. The van der Waals surface area contributed by atoms with Crippen LogP contribution < -0.4 is 10.6 Å². The Bertz CT molecular complexity index is 596. The fraction of sp³-hybridized carbons (Fsp3) is 0.400. The van der Waals surface area contributed by atoms with Crippen LogP contribution in [0.5, 0.6) is 0 Å². The van der Waals surface area contributed by atoms with E-state index in [-0.39, 0.29) is 0 Å². The number of rotatable bonds is 1. The van der Waals surface area contributed by atoms with Gasteiger partial charge in [-0.25, -0.2) is 0 Å². The standard InChI is InChI=1S/C15H20N4/c1-11-10-19(8-7-18(11)2)15-12-5-3-4-6-14(12)17-9-13(15)16/h3-6,9,11H,7-8,10,16H2,1-2H3. The SMILES string of the molecule is CC1CN(c2c(N)cnc3ccccc23)CCN1C. The van der Waals surface area contributed by atoms with Crippen LogP contribution in [0.15, 0.2) is 30.5 Å². The minimum absolute atomic E-state index is 0.542. The Morgan fingerprint density at radius 2 is 2.05 bits per heavy atom. The van der Waals surface area contributed by atoms with E-state index in [9.17, 15) is 0 Å². The van der Waals surface area contributed by atoms with Crippen LogP contribution in [0.1, 0.15) is 6.92 Å². The normalized spacial score (nSPS) is 20.9. The molecule has 2 heterocycles. The summed E-state index contributed by atoms with van der Waals surface area (Å²) in [6, 6.07) is 8.75. The summed E-state index contributed by atoms with van der Waals surface area (Å²) in [4.78, 5) is 9.19. The van der Waals surface area contributed by atoms with Gasteiger partial charge < -0.3 is 15.5 Å². The first kappa shape index (κ1) is 12.2. The van der Waals surface area contributed by atoms with Crippen molar-refractivity contribution in [2.24, 2.45) is 0 Å². The molecule has 1 aromatic heterocycles. The molecule has 4 nitrogen and oxygen atoms in total. The molecule has 1 fully saturated rings. The molecule has 1 aromatic carbocycles. The molecule has 0 aliphatic carbocycles. The van der Waals surface area contributed by atoms with Gasteiger partial charge >= 0.3 is 0 Å². The molecule has 1 aliphatic heterocycles. The second-order valence-electron chi connectivity index (χ2n) is 5.35. The number of hydrogen-bond donors (Lipinski definition) is 1. The van der Waals surface area contributed by atoms with Gasteiger partial charge in [0, 0.05) is 31.1 Å². The van der Waals surface area contributed by atoms with Gasteiger partial charge in [-0.3, -0.25) is 4.98 Å². The number of nitrogen functional groups attached to an aromatic ring is 1. The Kier molecular flexibility index (Phi) is 3.03. The molecule has 1 saturated heterocycles. The van der Waals surface area contributed by atoms with Gasteiger partial charge in [0.1, 0.15) is 0 Å². The smallest absolute Gasteiger partial charge is 0.0745 e. The minimum atomic E-state index is 0.542. The van der Waals surface area contributed by atoms with Gasteiger partial charge in [-0.2, -0.15) is 0 Å². The number of para-hydroxylation sites is 1. The van der Waals surface area contributed by atoms with E-state index in [1.807, 2.05) is 18.2 Å². The van der Waals surface area contributed by atoms with Gasteiger partial charge in [0.15, 0.2) is 0 Å². The molecule has 4 heteroatoms. The number of nitrogens with zero attached hydrogens (tertiary/aromatic N) is 3. The van der Waals surface area contributed by atoms with Crippen LogP contribution >= 0.6 is 0 Å². The lowest BCUT2D eigenvalue weighted by Crippen LogP contribution is -2.50. The maximum absolute atomic E-state index is 6.18. The number of likely N-dealkylation sites (N-methyl/N-ethyl adjacent to an activating group) is 1. The average Bonchev–Trinajstić information content (AvgIpc) is 2.42. The molecule has 100 valence electrons. The van der Waals surface area contributed by atoms with Crippen molar-refractivity contribution in [1.82, 2.24) is 9.88 Å². The topological polar surface area (TPSA) is 45.4 Å². The highest BCUT2D eigenvalue weighted by molar-refractivity contribution is 5.97. The van der Waals surface area contributed by atoms with E-state index < -0.39 is 0 Å². The first-order valence-corrected chi connectivity index (χ1v) is 6.75. The number of aromatic nitrogens is 1. The number of piperazine rings is 1. The van der Waals surface area contributed by atoms with E-state index in [0.29, 0.717) is 6.04 Å². The second kappa shape index (κ2) is 4.70. The lowest BCUT2D eigenvalue weighted by Gasteiger charge is -2.39. The second-order valence-corrected chi connectivity index (χ2v) is 5.35. The summed E-state index contributed by atoms with van der Waals surface area (Å²) < 4.78 is 0. The molecule has 2 N–H and O–H groups in total. The Morgan fingerprint density at radius 1 is 1.26 bits per heavy atom. The molecule has 1 unspecified atom stereocenters. The van der Waals surface area contributed by atoms with Crippen molar-refractivity contribution in [2.75, 3.05) is 37.3 Å². The van der Waals surface area contributed by atoms with Crippen LogP contribution in [0.3, 0.4) is 0 Å². The third kappa shape index (κ3) is 2.12. The predicted molar refractivity (Wildman–Crippen MR) is 80.5 cm³/mol.